The summed E-state index contributed by atoms with van der Waals surface area (Å²) in [5.41, 5.74) is 7.61. The molecule has 1 heterocycles. The molecule has 0 aliphatic rings. The number of aromatic nitrogens is 1. The van der Waals surface area contributed by atoms with Crippen LogP contribution in [0, 0.1) is 6.92 Å². The van der Waals surface area contributed by atoms with Gasteiger partial charge in [0.1, 0.15) is 0 Å². The first kappa shape index (κ1) is 16.1. The van der Waals surface area contributed by atoms with Gasteiger partial charge in [0.2, 0.25) is 5.91 Å². The Hall–Kier alpha value is -2.25. The molecule has 0 radical (unpaired) electrons. The molecule has 0 aliphatic carbocycles. The van der Waals surface area contributed by atoms with Gasteiger partial charge in [-0.25, -0.2) is 9.78 Å². The minimum atomic E-state index is -1.03. The van der Waals surface area contributed by atoms with E-state index in [1.165, 1.54) is 23.5 Å². The van der Waals surface area contributed by atoms with Gasteiger partial charge in [-0.15, -0.1) is 11.3 Å². The molecule has 0 aliphatic heterocycles. The van der Waals surface area contributed by atoms with Gasteiger partial charge < -0.3 is 16.2 Å². The lowest BCUT2D eigenvalue weighted by Crippen LogP contribution is -2.16. The van der Waals surface area contributed by atoms with E-state index >= 15 is 0 Å². The van der Waals surface area contributed by atoms with Crippen molar-refractivity contribution in [1.82, 2.24) is 4.98 Å². The van der Waals surface area contributed by atoms with E-state index in [9.17, 15) is 9.59 Å². The molecule has 22 heavy (non-hydrogen) atoms. The second-order valence-corrected chi connectivity index (χ2v) is 5.77. The normalized spacial score (nSPS) is 10.5. The fraction of sp³-hybridized carbons (Fsp3) is 0.267. The molecule has 0 atom stereocenters. The largest absolute Gasteiger partial charge is 0.478 e. The number of nitrogens with two attached hydrogens (primary N) is 1. The van der Waals surface area contributed by atoms with E-state index in [-0.39, 0.29) is 17.9 Å². The number of hydrogen-bond acceptors (Lipinski definition) is 5. The standard InChI is InChI=1S/C15H17N3O3S/c1-9-2-3-10(15(20)21)6-12(9)18-13(19)7-11-8-22-14(17-11)4-5-16/h2-3,6,8H,4-5,7,16H2,1H3,(H,18,19)(H,20,21). The van der Waals surface area contributed by atoms with Crippen LogP contribution in [0.3, 0.4) is 0 Å². The molecular weight excluding hydrogens is 302 g/mol. The van der Waals surface area contributed by atoms with Crippen molar-refractivity contribution in [2.24, 2.45) is 5.73 Å². The topological polar surface area (TPSA) is 105 Å². The van der Waals surface area contributed by atoms with Crippen LogP contribution in [0.5, 0.6) is 0 Å². The molecule has 116 valence electrons. The van der Waals surface area contributed by atoms with Gasteiger partial charge >= 0.3 is 5.97 Å². The van der Waals surface area contributed by atoms with Crippen LogP contribution in [0.1, 0.15) is 26.6 Å². The Labute approximate surface area is 132 Å². The molecule has 6 nitrogen and oxygen atoms in total. The fourth-order valence-corrected chi connectivity index (χ4v) is 2.73. The molecule has 1 amide bonds. The van der Waals surface area contributed by atoms with Gasteiger partial charge in [-0.05, 0) is 31.2 Å². The summed E-state index contributed by atoms with van der Waals surface area (Å²) in [6.07, 6.45) is 0.851. The molecule has 0 bridgehead atoms. The molecule has 2 rings (SSSR count). The lowest BCUT2D eigenvalue weighted by atomic mass is 10.1. The van der Waals surface area contributed by atoms with Gasteiger partial charge in [-0.3, -0.25) is 4.79 Å². The zero-order valence-electron chi connectivity index (χ0n) is 12.1. The van der Waals surface area contributed by atoms with Gasteiger partial charge in [0.25, 0.3) is 0 Å². The Morgan fingerprint density at radius 3 is 2.86 bits per heavy atom. The van der Waals surface area contributed by atoms with E-state index in [0.717, 1.165) is 10.6 Å². The van der Waals surface area contributed by atoms with E-state index in [2.05, 4.69) is 10.3 Å². The Morgan fingerprint density at radius 2 is 2.18 bits per heavy atom. The van der Waals surface area contributed by atoms with Gasteiger partial charge in [0.05, 0.1) is 22.7 Å². The van der Waals surface area contributed by atoms with Gasteiger partial charge in [0, 0.05) is 17.5 Å². The van der Waals surface area contributed by atoms with E-state index < -0.39 is 5.97 Å². The van der Waals surface area contributed by atoms with Crippen molar-refractivity contribution in [3.63, 3.8) is 0 Å². The van der Waals surface area contributed by atoms with E-state index in [1.807, 2.05) is 12.3 Å². The second kappa shape index (κ2) is 7.15. The second-order valence-electron chi connectivity index (χ2n) is 4.83. The van der Waals surface area contributed by atoms with Crippen LogP contribution in [0.2, 0.25) is 0 Å². The summed E-state index contributed by atoms with van der Waals surface area (Å²) >= 11 is 1.48. The highest BCUT2D eigenvalue weighted by molar-refractivity contribution is 7.09. The number of nitrogens with one attached hydrogen (secondary N) is 1. The number of carboxylic acid groups (broad SMARTS) is 1. The number of benzene rings is 1. The third-order valence-corrected chi connectivity index (χ3v) is 4.02. The molecule has 0 fully saturated rings. The minimum Gasteiger partial charge on any atom is -0.478 e. The lowest BCUT2D eigenvalue weighted by Gasteiger charge is -2.08. The molecule has 0 spiro atoms. The first-order chi connectivity index (χ1) is 10.5. The Kier molecular flexibility index (Phi) is 5.24. The molecule has 4 N–H and O–H groups in total. The predicted molar refractivity (Wildman–Crippen MR) is 85.3 cm³/mol. The summed E-state index contributed by atoms with van der Waals surface area (Å²) in [5, 5.41) is 14.5. The van der Waals surface area contributed by atoms with Crippen molar-refractivity contribution in [3.05, 3.63) is 45.4 Å². The summed E-state index contributed by atoms with van der Waals surface area (Å²) in [5.74, 6) is -1.25. The number of nitrogens with zero attached hydrogens (tertiary/aromatic N) is 1. The SMILES string of the molecule is Cc1ccc(C(=O)O)cc1NC(=O)Cc1csc(CCN)n1. The molecule has 0 saturated carbocycles. The number of carboxylic acids is 1. The maximum Gasteiger partial charge on any atom is 0.335 e. The average Bonchev–Trinajstić information content (AvgIpc) is 2.88. The number of carbonyl (C=O) groups excluding carboxylic acids is 1. The summed E-state index contributed by atoms with van der Waals surface area (Å²) in [7, 11) is 0. The van der Waals surface area contributed by atoms with Crippen molar-refractivity contribution in [1.29, 1.82) is 0 Å². The maximum absolute atomic E-state index is 12.1. The van der Waals surface area contributed by atoms with Gasteiger partial charge in [0.15, 0.2) is 0 Å². The number of aryl methyl sites for hydroxylation is 1. The number of hydrogen-bond donors (Lipinski definition) is 3. The maximum atomic E-state index is 12.1. The fourth-order valence-electron chi connectivity index (χ4n) is 1.92. The summed E-state index contributed by atoms with van der Waals surface area (Å²) in [6, 6.07) is 4.63. The highest BCUT2D eigenvalue weighted by Crippen LogP contribution is 2.18. The minimum absolute atomic E-state index is 0.139. The van der Waals surface area contributed by atoms with E-state index in [0.29, 0.717) is 24.3 Å². The molecule has 1 aromatic heterocycles. The highest BCUT2D eigenvalue weighted by atomic mass is 32.1. The van der Waals surface area contributed by atoms with Crippen LogP contribution in [0.25, 0.3) is 0 Å². The smallest absolute Gasteiger partial charge is 0.335 e. The quantitative estimate of drug-likeness (QED) is 0.753. The van der Waals surface area contributed by atoms with Crippen molar-refractivity contribution in [3.8, 4) is 0 Å². The van der Waals surface area contributed by atoms with Gasteiger partial charge in [-0.1, -0.05) is 6.07 Å². The van der Waals surface area contributed by atoms with E-state index in [4.69, 9.17) is 10.8 Å². The van der Waals surface area contributed by atoms with Crippen LogP contribution < -0.4 is 11.1 Å². The predicted octanol–water partition coefficient (Wildman–Crippen LogP) is 1.83. The molecule has 2 aromatic rings. The number of thiazole rings is 1. The number of anilines is 1. The van der Waals surface area contributed by atoms with Crippen molar-refractivity contribution < 1.29 is 14.7 Å². The van der Waals surface area contributed by atoms with Crippen LogP contribution in [0.4, 0.5) is 5.69 Å². The van der Waals surface area contributed by atoms with Crippen molar-refractivity contribution in [2.75, 3.05) is 11.9 Å². The summed E-state index contributed by atoms with van der Waals surface area (Å²) in [4.78, 5) is 27.4. The highest BCUT2D eigenvalue weighted by Gasteiger charge is 2.11. The molecule has 1 aromatic carbocycles. The third-order valence-electron chi connectivity index (χ3n) is 3.06. The molecular formula is C15H17N3O3S. The molecule has 7 heteroatoms. The number of amides is 1. The number of aromatic carboxylic acids is 1. The average molecular weight is 319 g/mol. The van der Waals surface area contributed by atoms with Crippen molar-refractivity contribution >= 4 is 28.9 Å². The zero-order valence-corrected chi connectivity index (χ0v) is 12.9. The van der Waals surface area contributed by atoms with Crippen LogP contribution in [-0.4, -0.2) is 28.5 Å². The number of carbonyl (C=O) groups is 2. The van der Waals surface area contributed by atoms with Gasteiger partial charge in [-0.2, -0.15) is 0 Å². The Morgan fingerprint density at radius 1 is 1.41 bits per heavy atom. The Balaban J connectivity index is 2.05. The first-order valence-corrected chi connectivity index (χ1v) is 7.64. The molecule has 0 saturated heterocycles. The van der Waals surface area contributed by atoms with Crippen LogP contribution in [0.15, 0.2) is 23.6 Å². The summed E-state index contributed by atoms with van der Waals surface area (Å²) in [6.45, 7) is 2.34. The monoisotopic (exact) mass is 319 g/mol. The third kappa shape index (κ3) is 4.12. The van der Waals surface area contributed by atoms with Crippen molar-refractivity contribution in [2.45, 2.75) is 19.8 Å². The van der Waals surface area contributed by atoms with Crippen LogP contribution >= 0.6 is 11.3 Å². The van der Waals surface area contributed by atoms with E-state index in [1.54, 1.807) is 6.07 Å². The number of rotatable bonds is 6. The lowest BCUT2D eigenvalue weighted by molar-refractivity contribution is -0.115. The Bertz CT molecular complexity index is 697. The first-order valence-electron chi connectivity index (χ1n) is 6.76. The summed E-state index contributed by atoms with van der Waals surface area (Å²) < 4.78 is 0. The zero-order chi connectivity index (χ0) is 16.1. The molecule has 0 unspecified atom stereocenters. The van der Waals surface area contributed by atoms with Crippen LogP contribution in [-0.2, 0) is 17.6 Å².